The van der Waals surface area contributed by atoms with Crippen LogP contribution < -0.4 is 0 Å². The summed E-state index contributed by atoms with van der Waals surface area (Å²) in [7, 11) is -1.21. The van der Waals surface area contributed by atoms with Crippen molar-refractivity contribution in [2.75, 3.05) is 0 Å². The monoisotopic (exact) mass is 250 g/mol. The zero-order valence-electron chi connectivity index (χ0n) is 9.18. The van der Waals surface area contributed by atoms with E-state index >= 15 is 0 Å². The first kappa shape index (κ1) is 10.7. The van der Waals surface area contributed by atoms with Crippen molar-refractivity contribution >= 4 is 30.9 Å². The summed E-state index contributed by atoms with van der Waals surface area (Å²) in [5, 5.41) is 19.4. The van der Waals surface area contributed by atoms with Crippen LogP contribution in [0.5, 0.6) is 0 Å². The van der Waals surface area contributed by atoms with Crippen LogP contribution in [0.1, 0.15) is 11.1 Å². The van der Waals surface area contributed by atoms with Crippen LogP contribution >= 0.6 is 10.8 Å². The summed E-state index contributed by atoms with van der Waals surface area (Å²) in [5.41, 5.74) is 1.06. The SMILES string of the molecule is N#Cc1ccc2c(c1)c1cc(C#N)ccc1[s+]2[O-]. The van der Waals surface area contributed by atoms with Gasteiger partial charge in [0.2, 0.25) is 0 Å². The Morgan fingerprint density at radius 3 is 1.67 bits per heavy atom. The molecule has 1 heterocycles. The van der Waals surface area contributed by atoms with Gasteiger partial charge in [-0.1, -0.05) is 0 Å². The van der Waals surface area contributed by atoms with E-state index in [9.17, 15) is 4.55 Å². The van der Waals surface area contributed by atoms with Gasteiger partial charge in [-0.2, -0.15) is 10.5 Å². The third-order valence-corrected chi connectivity index (χ3v) is 4.42. The molecule has 0 aliphatic heterocycles. The minimum absolute atomic E-state index is 0.529. The second kappa shape index (κ2) is 3.82. The van der Waals surface area contributed by atoms with Crippen molar-refractivity contribution < 1.29 is 4.55 Å². The Labute approximate surface area is 106 Å². The van der Waals surface area contributed by atoms with E-state index in [0.717, 1.165) is 10.8 Å². The Bertz CT molecular complexity index is 794. The van der Waals surface area contributed by atoms with Crippen LogP contribution in [-0.2, 0) is 0 Å². The fourth-order valence-electron chi connectivity index (χ4n) is 2.06. The minimum atomic E-state index is -1.21. The lowest BCUT2D eigenvalue weighted by molar-refractivity contribution is 0.602. The van der Waals surface area contributed by atoms with Gasteiger partial charge in [-0.15, -0.1) is 0 Å². The maximum atomic E-state index is 12.2. The summed E-state index contributed by atoms with van der Waals surface area (Å²) in [6, 6.07) is 14.3. The standard InChI is InChI=1S/C14H6N2OS/c15-7-9-1-3-13-11(5-9)12-6-10(8-16)2-4-14(12)18(13)17/h1-6H. The van der Waals surface area contributed by atoms with Crippen LogP contribution in [-0.4, -0.2) is 4.55 Å². The number of hydrogen-bond acceptors (Lipinski definition) is 3. The fourth-order valence-corrected chi connectivity index (χ4v) is 3.42. The zero-order chi connectivity index (χ0) is 12.7. The number of thiophene rings is 1. The molecule has 0 N–H and O–H groups in total. The highest BCUT2D eigenvalue weighted by Gasteiger charge is 2.16. The van der Waals surface area contributed by atoms with Gasteiger partial charge in [0.15, 0.2) is 9.40 Å². The van der Waals surface area contributed by atoms with Gasteiger partial charge in [-0.05, 0) is 47.1 Å². The van der Waals surface area contributed by atoms with Crippen molar-refractivity contribution in [1.82, 2.24) is 0 Å². The normalized spacial score (nSPS) is 10.4. The Balaban J connectivity index is 2.54. The second-order valence-electron chi connectivity index (χ2n) is 3.91. The van der Waals surface area contributed by atoms with Gasteiger partial charge >= 0.3 is 0 Å². The van der Waals surface area contributed by atoms with Crippen LogP contribution in [0.25, 0.3) is 20.2 Å². The zero-order valence-corrected chi connectivity index (χ0v) is 9.99. The van der Waals surface area contributed by atoms with E-state index in [1.54, 1.807) is 36.4 Å². The van der Waals surface area contributed by atoms with E-state index < -0.39 is 10.8 Å². The van der Waals surface area contributed by atoms with Crippen LogP contribution in [0.3, 0.4) is 0 Å². The highest BCUT2D eigenvalue weighted by atomic mass is 32.2. The van der Waals surface area contributed by atoms with Crippen molar-refractivity contribution in [3.8, 4) is 12.1 Å². The number of rotatable bonds is 0. The summed E-state index contributed by atoms with van der Waals surface area (Å²) in [6.45, 7) is 0. The van der Waals surface area contributed by atoms with Crippen LogP contribution in [0, 0.1) is 22.7 Å². The van der Waals surface area contributed by atoms with Crippen molar-refractivity contribution in [3.63, 3.8) is 0 Å². The molecule has 0 saturated heterocycles. The highest BCUT2D eigenvalue weighted by Crippen LogP contribution is 2.40. The molecule has 0 fully saturated rings. The summed E-state index contributed by atoms with van der Waals surface area (Å²) in [4.78, 5) is 0. The maximum absolute atomic E-state index is 12.2. The number of fused-ring (bicyclic) bond motifs is 3. The average Bonchev–Trinajstić information content (AvgIpc) is 2.71. The first-order valence-corrected chi connectivity index (χ1v) is 6.40. The Morgan fingerprint density at radius 2 is 1.28 bits per heavy atom. The smallest absolute Gasteiger partial charge is 0.180 e. The van der Waals surface area contributed by atoms with Crippen LogP contribution in [0.4, 0.5) is 0 Å². The third kappa shape index (κ3) is 1.38. The van der Waals surface area contributed by atoms with Crippen molar-refractivity contribution in [3.05, 3.63) is 47.5 Å². The van der Waals surface area contributed by atoms with Gasteiger partial charge in [0.05, 0.1) is 23.3 Å². The molecule has 18 heavy (non-hydrogen) atoms. The number of benzene rings is 2. The van der Waals surface area contributed by atoms with E-state index in [4.69, 9.17) is 10.5 Å². The molecule has 0 saturated carbocycles. The largest absolute Gasteiger partial charge is 0.590 e. The summed E-state index contributed by atoms with van der Waals surface area (Å²) >= 11 is 0. The maximum Gasteiger partial charge on any atom is 0.180 e. The molecule has 3 aromatic rings. The van der Waals surface area contributed by atoms with Crippen molar-refractivity contribution in [2.24, 2.45) is 0 Å². The van der Waals surface area contributed by atoms with Crippen LogP contribution in [0.2, 0.25) is 0 Å². The molecule has 4 heteroatoms. The molecule has 3 rings (SSSR count). The average molecular weight is 250 g/mol. The quantitative estimate of drug-likeness (QED) is 0.573. The molecule has 2 aromatic carbocycles. The molecule has 0 atom stereocenters. The molecule has 0 aliphatic carbocycles. The molecule has 0 unspecified atom stereocenters. The van der Waals surface area contributed by atoms with Gasteiger partial charge in [-0.3, -0.25) is 0 Å². The first-order valence-electron chi connectivity index (χ1n) is 5.25. The first-order chi connectivity index (χ1) is 8.74. The molecule has 0 amide bonds. The van der Waals surface area contributed by atoms with E-state index in [1.807, 2.05) is 0 Å². The topological polar surface area (TPSA) is 70.6 Å². The predicted octanol–water partition coefficient (Wildman–Crippen LogP) is 3.46. The Hall–Kier alpha value is -2.40. The van der Waals surface area contributed by atoms with Gasteiger partial charge in [0, 0.05) is 10.8 Å². The van der Waals surface area contributed by atoms with Gasteiger partial charge in [-0.25, -0.2) is 0 Å². The van der Waals surface area contributed by atoms with Crippen LogP contribution in [0.15, 0.2) is 36.4 Å². The third-order valence-electron chi connectivity index (χ3n) is 2.91. The molecule has 3 nitrogen and oxygen atoms in total. The van der Waals surface area contributed by atoms with Crippen molar-refractivity contribution in [1.29, 1.82) is 10.5 Å². The lowest BCUT2D eigenvalue weighted by Gasteiger charge is -1.90. The lowest BCUT2D eigenvalue weighted by Crippen LogP contribution is -1.74. The Kier molecular flexibility index (Phi) is 2.28. The lowest BCUT2D eigenvalue weighted by atomic mass is 10.1. The van der Waals surface area contributed by atoms with Gasteiger partial charge in [0.1, 0.15) is 0 Å². The van der Waals surface area contributed by atoms with Gasteiger partial charge < -0.3 is 4.55 Å². The summed E-state index contributed by atoms with van der Waals surface area (Å²) < 4.78 is 13.6. The number of nitriles is 2. The number of hydrogen-bond donors (Lipinski definition) is 0. The molecule has 84 valence electrons. The molecular weight excluding hydrogens is 244 g/mol. The van der Waals surface area contributed by atoms with E-state index in [0.29, 0.717) is 20.5 Å². The summed E-state index contributed by atoms with van der Waals surface area (Å²) in [6.07, 6.45) is 0. The highest BCUT2D eigenvalue weighted by molar-refractivity contribution is 7.37. The van der Waals surface area contributed by atoms with Crippen molar-refractivity contribution in [2.45, 2.75) is 0 Å². The molecule has 0 spiro atoms. The molecular formula is C14H6N2OS. The fraction of sp³-hybridized carbons (Fsp3) is 0. The van der Waals surface area contributed by atoms with E-state index in [-0.39, 0.29) is 0 Å². The number of nitrogens with zero attached hydrogens (tertiary/aromatic N) is 2. The van der Waals surface area contributed by atoms with E-state index in [1.165, 1.54) is 0 Å². The second-order valence-corrected chi connectivity index (χ2v) is 5.33. The Morgan fingerprint density at radius 1 is 0.833 bits per heavy atom. The molecule has 0 radical (unpaired) electrons. The molecule has 1 aromatic heterocycles. The molecule has 0 bridgehead atoms. The minimum Gasteiger partial charge on any atom is -0.590 e. The predicted molar refractivity (Wildman–Crippen MR) is 69.5 cm³/mol. The van der Waals surface area contributed by atoms with Gasteiger partial charge in [0.25, 0.3) is 0 Å². The van der Waals surface area contributed by atoms with E-state index in [2.05, 4.69) is 12.1 Å². The summed E-state index contributed by atoms with van der Waals surface area (Å²) in [5.74, 6) is 0. The molecule has 0 aliphatic rings.